The maximum absolute atomic E-state index is 14.2. The lowest BCUT2D eigenvalue weighted by Gasteiger charge is -2.05. The minimum Gasteiger partial charge on any atom is -0.497 e. The fourth-order valence-electron chi connectivity index (χ4n) is 5.88. The van der Waals surface area contributed by atoms with E-state index in [4.69, 9.17) is 20.9 Å². The summed E-state index contributed by atoms with van der Waals surface area (Å²) < 4.78 is 38.8. The highest BCUT2D eigenvalue weighted by atomic mass is 19.1. The minimum atomic E-state index is -0.317. The molecule has 0 aliphatic rings. The van der Waals surface area contributed by atoms with Crippen LogP contribution >= 0.6 is 0 Å². The van der Waals surface area contributed by atoms with E-state index < -0.39 is 0 Å². The first kappa shape index (κ1) is 34.0. The second-order valence-electron chi connectivity index (χ2n) is 11.8. The molecule has 4 aromatic carbocycles. The van der Waals surface area contributed by atoms with Crippen molar-refractivity contribution in [2.24, 2.45) is 11.5 Å². The summed E-state index contributed by atoms with van der Waals surface area (Å²) in [4.78, 5) is 24.4. The summed E-state index contributed by atoms with van der Waals surface area (Å²) in [6.07, 6.45) is 3.34. The van der Waals surface area contributed by atoms with Crippen LogP contribution in [0, 0.1) is 11.6 Å². The maximum Gasteiger partial charge on any atom is 0.178 e. The number of fused-ring (bicyclic) bond motifs is 2. The number of aromatic nitrogens is 6. The third-order valence-electron chi connectivity index (χ3n) is 8.64. The van der Waals surface area contributed by atoms with Crippen LogP contribution in [0.15, 0.2) is 109 Å². The van der Waals surface area contributed by atoms with Gasteiger partial charge in [0.25, 0.3) is 0 Å². The Kier molecular flexibility index (Phi) is 9.65. The van der Waals surface area contributed by atoms with Gasteiger partial charge in [-0.3, -0.25) is 0 Å². The number of halogens is 2. The van der Waals surface area contributed by atoms with Crippen molar-refractivity contribution < 1.29 is 18.3 Å². The molecular weight excluding hydrogens is 662 g/mol. The van der Waals surface area contributed by atoms with Gasteiger partial charge in [0.05, 0.1) is 25.3 Å². The van der Waals surface area contributed by atoms with Gasteiger partial charge in [0, 0.05) is 58.9 Å². The van der Waals surface area contributed by atoms with Gasteiger partial charge in [-0.15, -0.1) is 0 Å². The molecule has 0 spiro atoms. The molecule has 0 saturated carbocycles. The lowest BCUT2D eigenvalue weighted by Crippen LogP contribution is -1.99. The molecule has 4 heterocycles. The second-order valence-corrected chi connectivity index (χ2v) is 11.8. The Balaban J connectivity index is 0.000000162. The SMILES string of the molecule is COc1cccc(-c2nc3nccc(-c4ccc(CN)c(F)c4)c3[nH]2)c1.COc1cccc(-c2nc3nccc(-c4ccc(CN)c(F)c4)c3[nH]2)c1. The average Bonchev–Trinajstić information content (AvgIpc) is 3.83. The number of nitrogens with zero attached hydrogens (tertiary/aromatic N) is 4. The highest BCUT2D eigenvalue weighted by Gasteiger charge is 2.15. The van der Waals surface area contributed by atoms with Crippen LogP contribution in [0.4, 0.5) is 8.78 Å². The van der Waals surface area contributed by atoms with Crippen molar-refractivity contribution in [1.82, 2.24) is 29.9 Å². The number of H-pyrrole nitrogens is 2. The molecule has 260 valence electrons. The minimum absolute atomic E-state index is 0.169. The molecule has 0 aliphatic heterocycles. The first-order valence-electron chi connectivity index (χ1n) is 16.3. The van der Waals surface area contributed by atoms with Crippen LogP contribution in [0.25, 0.3) is 67.4 Å². The molecule has 0 bridgehead atoms. The molecule has 0 amide bonds. The number of nitrogens with one attached hydrogen (secondary N) is 2. The molecular formula is C40H34F2N8O2. The number of aromatic amines is 2. The molecule has 52 heavy (non-hydrogen) atoms. The molecule has 0 radical (unpaired) electrons. The van der Waals surface area contributed by atoms with E-state index in [1.807, 2.05) is 72.8 Å². The number of imidazole rings is 2. The second kappa shape index (κ2) is 14.8. The number of ether oxygens (including phenoxy) is 2. The summed E-state index contributed by atoms with van der Waals surface area (Å²) in [7, 11) is 3.24. The van der Waals surface area contributed by atoms with E-state index in [2.05, 4.69) is 29.9 Å². The smallest absolute Gasteiger partial charge is 0.178 e. The summed E-state index contributed by atoms with van der Waals surface area (Å²) in [5, 5.41) is 0. The number of benzene rings is 4. The van der Waals surface area contributed by atoms with Gasteiger partial charge in [-0.2, -0.15) is 0 Å². The number of hydrogen-bond donors (Lipinski definition) is 4. The summed E-state index contributed by atoms with van der Waals surface area (Å²) in [6.45, 7) is 0.337. The first-order valence-corrected chi connectivity index (χ1v) is 16.3. The Hall–Kier alpha value is -6.50. The van der Waals surface area contributed by atoms with Gasteiger partial charge in [-0.05, 0) is 59.7 Å². The fraction of sp³-hybridized carbons (Fsp3) is 0.100. The summed E-state index contributed by atoms with van der Waals surface area (Å²) in [5.74, 6) is 2.21. The van der Waals surface area contributed by atoms with E-state index in [1.165, 1.54) is 12.1 Å². The average molecular weight is 697 g/mol. The van der Waals surface area contributed by atoms with Crippen molar-refractivity contribution in [2.45, 2.75) is 13.1 Å². The lowest BCUT2D eigenvalue weighted by atomic mass is 10.0. The number of pyridine rings is 2. The highest BCUT2D eigenvalue weighted by Crippen LogP contribution is 2.32. The monoisotopic (exact) mass is 696 g/mol. The normalized spacial score (nSPS) is 11.0. The Morgan fingerprint density at radius 2 is 1.00 bits per heavy atom. The van der Waals surface area contributed by atoms with Gasteiger partial charge in [0.2, 0.25) is 0 Å². The van der Waals surface area contributed by atoms with Gasteiger partial charge < -0.3 is 30.9 Å². The van der Waals surface area contributed by atoms with E-state index in [0.29, 0.717) is 34.1 Å². The van der Waals surface area contributed by atoms with Crippen molar-refractivity contribution in [1.29, 1.82) is 0 Å². The molecule has 10 nitrogen and oxygen atoms in total. The number of rotatable bonds is 8. The van der Waals surface area contributed by atoms with Gasteiger partial charge in [0.1, 0.15) is 34.8 Å². The zero-order valence-corrected chi connectivity index (χ0v) is 28.3. The van der Waals surface area contributed by atoms with Gasteiger partial charge in [-0.25, -0.2) is 28.7 Å². The zero-order chi connectivity index (χ0) is 36.2. The predicted octanol–water partition coefficient (Wildman–Crippen LogP) is 7.80. The molecule has 8 aromatic rings. The van der Waals surface area contributed by atoms with Crippen molar-refractivity contribution in [3.8, 4) is 56.5 Å². The lowest BCUT2D eigenvalue weighted by molar-refractivity contribution is 0.415. The van der Waals surface area contributed by atoms with E-state index in [-0.39, 0.29) is 24.7 Å². The molecule has 0 fully saturated rings. The third-order valence-corrected chi connectivity index (χ3v) is 8.64. The Morgan fingerprint density at radius 3 is 1.38 bits per heavy atom. The highest BCUT2D eigenvalue weighted by molar-refractivity contribution is 5.92. The van der Waals surface area contributed by atoms with E-state index in [0.717, 1.165) is 55.9 Å². The van der Waals surface area contributed by atoms with Crippen molar-refractivity contribution in [3.05, 3.63) is 132 Å². The Bertz CT molecular complexity index is 2360. The number of nitrogens with two attached hydrogens (primary N) is 2. The van der Waals surface area contributed by atoms with Crippen LogP contribution in [-0.2, 0) is 13.1 Å². The van der Waals surface area contributed by atoms with Crippen LogP contribution in [-0.4, -0.2) is 44.1 Å². The van der Waals surface area contributed by atoms with Crippen LogP contribution in [0.3, 0.4) is 0 Å². The summed E-state index contributed by atoms with van der Waals surface area (Å²) >= 11 is 0. The standard InChI is InChI=1S/2C20H17FN4O/c2*1-26-15-4-2-3-13(9-15)19-24-18-16(7-8-23-20(18)25-19)12-5-6-14(11-22)17(21)10-12/h2*2-10H,11,22H2,1H3,(H,23,24,25). The molecule has 12 heteroatoms. The van der Waals surface area contributed by atoms with E-state index in [9.17, 15) is 8.78 Å². The summed E-state index contributed by atoms with van der Waals surface area (Å²) in [5.41, 5.74) is 19.6. The molecule has 4 aromatic heterocycles. The van der Waals surface area contributed by atoms with Crippen molar-refractivity contribution >= 4 is 22.3 Å². The molecule has 0 saturated heterocycles. The third kappa shape index (κ3) is 6.80. The number of methoxy groups -OCH3 is 2. The molecule has 8 rings (SSSR count). The van der Waals surface area contributed by atoms with Crippen LogP contribution in [0.5, 0.6) is 11.5 Å². The molecule has 6 N–H and O–H groups in total. The topological polar surface area (TPSA) is 154 Å². The Morgan fingerprint density at radius 1 is 0.558 bits per heavy atom. The van der Waals surface area contributed by atoms with Crippen LogP contribution in [0.2, 0.25) is 0 Å². The van der Waals surface area contributed by atoms with E-state index in [1.54, 1.807) is 38.7 Å². The van der Waals surface area contributed by atoms with E-state index >= 15 is 0 Å². The first-order chi connectivity index (χ1) is 25.4. The zero-order valence-electron chi connectivity index (χ0n) is 28.3. The molecule has 0 atom stereocenters. The maximum atomic E-state index is 14.2. The van der Waals surface area contributed by atoms with Gasteiger partial charge in [-0.1, -0.05) is 48.5 Å². The molecule has 0 aliphatic carbocycles. The largest absolute Gasteiger partial charge is 0.497 e. The summed E-state index contributed by atoms with van der Waals surface area (Å²) in [6, 6.07) is 29.0. The van der Waals surface area contributed by atoms with Gasteiger partial charge in [0.15, 0.2) is 11.3 Å². The predicted molar refractivity (Wildman–Crippen MR) is 198 cm³/mol. The van der Waals surface area contributed by atoms with Crippen LogP contribution in [0.1, 0.15) is 11.1 Å². The fourth-order valence-corrected chi connectivity index (χ4v) is 5.88. The molecule has 0 unspecified atom stereocenters. The number of hydrogen-bond acceptors (Lipinski definition) is 8. The van der Waals surface area contributed by atoms with Crippen molar-refractivity contribution in [3.63, 3.8) is 0 Å². The Labute approximate surface area is 297 Å². The quantitative estimate of drug-likeness (QED) is 0.126. The van der Waals surface area contributed by atoms with Gasteiger partial charge >= 0.3 is 0 Å². The van der Waals surface area contributed by atoms with Crippen molar-refractivity contribution in [2.75, 3.05) is 14.2 Å². The van der Waals surface area contributed by atoms with Crippen LogP contribution < -0.4 is 20.9 Å².